The van der Waals surface area contributed by atoms with Crippen LogP contribution < -0.4 is 16.0 Å². The summed E-state index contributed by atoms with van der Waals surface area (Å²) in [4.78, 5) is 50.9. The molecule has 1 aromatic carbocycles. The maximum absolute atomic E-state index is 13.2. The zero-order valence-corrected chi connectivity index (χ0v) is 17.5. The molecule has 4 atom stereocenters. The van der Waals surface area contributed by atoms with E-state index in [2.05, 4.69) is 16.0 Å². The molecule has 164 valence electrons. The molecule has 1 aromatic rings. The molecule has 3 aliphatic heterocycles. The first kappa shape index (κ1) is 20.3. The average molecular weight is 425 g/mol. The third-order valence-corrected chi connectivity index (χ3v) is 7.29. The third kappa shape index (κ3) is 3.68. The molecule has 4 unspecified atom stereocenters. The van der Waals surface area contributed by atoms with Gasteiger partial charge in [0.25, 0.3) is 11.8 Å². The van der Waals surface area contributed by atoms with Crippen LogP contribution in [0.25, 0.3) is 0 Å². The molecule has 1 saturated carbocycles. The molecule has 1 aliphatic carbocycles. The van der Waals surface area contributed by atoms with Crippen LogP contribution in [0.5, 0.6) is 0 Å². The van der Waals surface area contributed by atoms with Crippen molar-refractivity contribution < 1.29 is 19.2 Å². The van der Waals surface area contributed by atoms with Gasteiger partial charge >= 0.3 is 0 Å². The first-order valence-electron chi connectivity index (χ1n) is 11.3. The first-order valence-corrected chi connectivity index (χ1v) is 11.3. The smallest absolute Gasteiger partial charge is 0.262 e. The molecule has 31 heavy (non-hydrogen) atoms. The maximum atomic E-state index is 13.2. The lowest BCUT2D eigenvalue weighted by molar-refractivity contribution is -0.136. The zero-order valence-electron chi connectivity index (χ0n) is 17.5. The minimum absolute atomic E-state index is 0.121. The van der Waals surface area contributed by atoms with Crippen molar-refractivity contribution in [1.29, 1.82) is 0 Å². The summed E-state index contributed by atoms with van der Waals surface area (Å²) in [5.41, 5.74) is 1.50. The summed E-state index contributed by atoms with van der Waals surface area (Å²) in [6.45, 7) is 1.60. The Balaban J connectivity index is 1.30. The van der Waals surface area contributed by atoms with Gasteiger partial charge in [0.1, 0.15) is 6.04 Å². The second-order valence-corrected chi connectivity index (χ2v) is 9.14. The molecule has 5 rings (SSSR count). The Kier molecular flexibility index (Phi) is 5.35. The number of hydrogen-bond donors (Lipinski definition) is 3. The molecule has 0 aromatic heterocycles. The summed E-state index contributed by atoms with van der Waals surface area (Å²) in [6, 6.07) is 5.30. The van der Waals surface area contributed by atoms with Crippen molar-refractivity contribution in [3.63, 3.8) is 0 Å². The van der Waals surface area contributed by atoms with Gasteiger partial charge in [-0.05, 0) is 62.6 Å². The van der Waals surface area contributed by atoms with E-state index in [1.807, 2.05) is 6.07 Å². The van der Waals surface area contributed by atoms with Gasteiger partial charge in [-0.3, -0.25) is 29.4 Å². The van der Waals surface area contributed by atoms with Crippen molar-refractivity contribution in [3.8, 4) is 0 Å². The van der Waals surface area contributed by atoms with Crippen LogP contribution in [0.1, 0.15) is 71.2 Å². The first-order chi connectivity index (χ1) is 15.0. The number of benzene rings is 1. The highest BCUT2D eigenvalue weighted by Crippen LogP contribution is 2.32. The SMILES string of the molecule is O=C1CCC(N2C(=O)c3cccc(CNC4CCC5CCCNC5C4)c3C2=O)C(=O)N1. The molecule has 8 nitrogen and oxygen atoms in total. The van der Waals surface area contributed by atoms with Gasteiger partial charge in [-0.1, -0.05) is 12.1 Å². The highest BCUT2D eigenvalue weighted by molar-refractivity contribution is 6.24. The molecular formula is C23H28N4O4. The van der Waals surface area contributed by atoms with E-state index >= 15 is 0 Å². The van der Waals surface area contributed by atoms with Crippen LogP contribution in [-0.2, 0) is 16.1 Å². The van der Waals surface area contributed by atoms with E-state index < -0.39 is 23.8 Å². The lowest BCUT2D eigenvalue weighted by atomic mass is 9.77. The topological polar surface area (TPSA) is 108 Å². The number of nitrogens with one attached hydrogen (secondary N) is 3. The highest BCUT2D eigenvalue weighted by Gasteiger charge is 2.45. The van der Waals surface area contributed by atoms with E-state index in [9.17, 15) is 19.2 Å². The van der Waals surface area contributed by atoms with Crippen LogP contribution >= 0.6 is 0 Å². The van der Waals surface area contributed by atoms with Crippen molar-refractivity contribution in [2.45, 2.75) is 69.6 Å². The number of carbonyl (C=O) groups is 4. The molecule has 0 bridgehead atoms. The quantitative estimate of drug-likeness (QED) is 0.625. The van der Waals surface area contributed by atoms with E-state index in [1.165, 1.54) is 19.3 Å². The molecule has 4 aliphatic rings. The second-order valence-electron chi connectivity index (χ2n) is 9.14. The number of rotatable bonds is 4. The van der Waals surface area contributed by atoms with Crippen molar-refractivity contribution in [3.05, 3.63) is 34.9 Å². The fraction of sp³-hybridized carbons (Fsp3) is 0.565. The van der Waals surface area contributed by atoms with Gasteiger partial charge in [0, 0.05) is 25.0 Å². The Labute approximate surface area is 181 Å². The van der Waals surface area contributed by atoms with E-state index in [1.54, 1.807) is 12.1 Å². The van der Waals surface area contributed by atoms with E-state index in [0.717, 1.165) is 35.8 Å². The molecule has 3 fully saturated rings. The van der Waals surface area contributed by atoms with Crippen LogP contribution in [0, 0.1) is 5.92 Å². The van der Waals surface area contributed by atoms with Gasteiger partial charge in [0.2, 0.25) is 11.8 Å². The van der Waals surface area contributed by atoms with Crippen LogP contribution in [0.15, 0.2) is 18.2 Å². The van der Waals surface area contributed by atoms with Crippen molar-refractivity contribution in [1.82, 2.24) is 20.9 Å². The summed E-state index contributed by atoms with van der Waals surface area (Å²) < 4.78 is 0. The van der Waals surface area contributed by atoms with Crippen molar-refractivity contribution >= 4 is 23.6 Å². The fourth-order valence-corrected chi connectivity index (χ4v) is 5.65. The molecule has 3 N–H and O–H groups in total. The van der Waals surface area contributed by atoms with Gasteiger partial charge in [-0.15, -0.1) is 0 Å². The number of fused-ring (bicyclic) bond motifs is 2. The van der Waals surface area contributed by atoms with Crippen LogP contribution in [0.4, 0.5) is 0 Å². The number of amides is 4. The average Bonchev–Trinajstić information content (AvgIpc) is 3.03. The van der Waals surface area contributed by atoms with E-state index in [4.69, 9.17) is 0 Å². The van der Waals surface area contributed by atoms with E-state index in [0.29, 0.717) is 29.8 Å². The summed E-state index contributed by atoms with van der Waals surface area (Å²) in [5, 5.41) is 9.48. The number of hydrogen-bond acceptors (Lipinski definition) is 6. The molecule has 0 radical (unpaired) electrons. The lowest BCUT2D eigenvalue weighted by Crippen LogP contribution is -2.54. The van der Waals surface area contributed by atoms with Gasteiger partial charge < -0.3 is 10.6 Å². The number of imide groups is 2. The minimum atomic E-state index is -0.932. The summed E-state index contributed by atoms with van der Waals surface area (Å²) >= 11 is 0. The minimum Gasteiger partial charge on any atom is -0.314 e. The second kappa shape index (κ2) is 8.16. The standard InChI is InChI=1S/C23H28N4O4/c28-19-9-8-18(21(29)26-19)27-22(30)16-5-1-3-14(20(16)23(27)31)12-25-15-7-6-13-4-2-10-24-17(13)11-15/h1,3,5,13,15,17-18,24-25H,2,4,6-12H2,(H,26,28,29). The molecule has 3 heterocycles. The molecule has 8 heteroatoms. The fourth-order valence-electron chi connectivity index (χ4n) is 5.65. The monoisotopic (exact) mass is 424 g/mol. The van der Waals surface area contributed by atoms with Crippen LogP contribution in [-0.4, -0.2) is 53.2 Å². The Hall–Kier alpha value is -2.58. The van der Waals surface area contributed by atoms with Gasteiger partial charge in [0.15, 0.2) is 0 Å². The van der Waals surface area contributed by atoms with Gasteiger partial charge in [0.05, 0.1) is 11.1 Å². The van der Waals surface area contributed by atoms with Crippen molar-refractivity contribution in [2.75, 3.05) is 6.54 Å². The predicted molar refractivity (Wildman–Crippen MR) is 112 cm³/mol. The number of nitrogens with zero attached hydrogens (tertiary/aromatic N) is 1. The van der Waals surface area contributed by atoms with Gasteiger partial charge in [-0.25, -0.2) is 0 Å². The van der Waals surface area contributed by atoms with E-state index in [-0.39, 0.29) is 18.7 Å². The van der Waals surface area contributed by atoms with Crippen LogP contribution in [0.3, 0.4) is 0 Å². The Bertz CT molecular complexity index is 946. The highest BCUT2D eigenvalue weighted by atomic mass is 16.2. The van der Waals surface area contributed by atoms with Gasteiger partial charge in [-0.2, -0.15) is 0 Å². The Morgan fingerprint density at radius 2 is 1.90 bits per heavy atom. The normalized spacial score (nSPS) is 30.8. The molecular weight excluding hydrogens is 396 g/mol. The molecule has 2 saturated heterocycles. The Morgan fingerprint density at radius 1 is 1.03 bits per heavy atom. The molecule has 4 amide bonds. The predicted octanol–water partition coefficient (Wildman–Crippen LogP) is 1.10. The molecule has 0 spiro atoms. The summed E-state index contributed by atoms with van der Waals surface area (Å²) in [5.74, 6) is -1.08. The van der Waals surface area contributed by atoms with Crippen LogP contribution in [0.2, 0.25) is 0 Å². The lowest BCUT2D eigenvalue weighted by Gasteiger charge is -2.40. The number of piperidine rings is 2. The zero-order chi connectivity index (χ0) is 21.5. The van der Waals surface area contributed by atoms with Crippen molar-refractivity contribution in [2.24, 2.45) is 5.92 Å². The summed E-state index contributed by atoms with van der Waals surface area (Å²) in [6.07, 6.45) is 6.26. The largest absolute Gasteiger partial charge is 0.314 e. The maximum Gasteiger partial charge on any atom is 0.262 e. The third-order valence-electron chi connectivity index (χ3n) is 7.29. The summed E-state index contributed by atoms with van der Waals surface area (Å²) in [7, 11) is 0. The number of carbonyl (C=O) groups excluding carboxylic acids is 4. The Morgan fingerprint density at radius 3 is 2.74 bits per heavy atom.